The van der Waals surface area contributed by atoms with Crippen molar-refractivity contribution in [3.8, 4) is 0 Å². The smallest absolute Gasteiger partial charge is 0.326 e. The summed E-state index contributed by atoms with van der Waals surface area (Å²) in [5.41, 5.74) is 1.98. The summed E-state index contributed by atoms with van der Waals surface area (Å²) in [5.74, 6) is -1.35. The van der Waals surface area contributed by atoms with E-state index in [1.807, 2.05) is 31.2 Å². The summed E-state index contributed by atoms with van der Waals surface area (Å²) >= 11 is 0. The Bertz CT molecular complexity index is 428. The summed E-state index contributed by atoms with van der Waals surface area (Å²) in [6, 6.07) is 6.65. The molecule has 5 nitrogen and oxygen atoms in total. The molecule has 104 valence electrons. The van der Waals surface area contributed by atoms with Gasteiger partial charge in [0.15, 0.2) is 0 Å². The third-order valence-corrected chi connectivity index (χ3v) is 2.73. The molecule has 0 aliphatic carbocycles. The van der Waals surface area contributed by atoms with E-state index in [2.05, 4.69) is 5.32 Å². The van der Waals surface area contributed by atoms with Crippen LogP contribution in [0.3, 0.4) is 0 Å². The minimum Gasteiger partial charge on any atom is -0.480 e. The van der Waals surface area contributed by atoms with Crippen molar-refractivity contribution in [1.29, 1.82) is 0 Å². The van der Waals surface area contributed by atoms with Gasteiger partial charge in [0.1, 0.15) is 6.04 Å². The number of aliphatic carboxylic acids is 1. The van der Waals surface area contributed by atoms with Crippen molar-refractivity contribution in [3.63, 3.8) is 0 Å². The number of amides is 1. The standard InChI is InChI=1S/C14H19NO4/c1-10-3-5-11(6-4-10)9-13(16)15-12(14(17)18)7-8-19-2/h3-6,12H,7-9H2,1-2H3,(H,15,16)(H,17,18). The van der Waals surface area contributed by atoms with Crippen LogP contribution in [-0.2, 0) is 20.7 Å². The fourth-order valence-corrected chi connectivity index (χ4v) is 1.63. The van der Waals surface area contributed by atoms with Crippen molar-refractivity contribution in [3.05, 3.63) is 35.4 Å². The molecule has 0 fully saturated rings. The Kier molecular flexibility index (Phi) is 6.02. The number of nitrogens with one attached hydrogen (secondary N) is 1. The molecule has 1 aromatic rings. The van der Waals surface area contributed by atoms with E-state index >= 15 is 0 Å². The van der Waals surface area contributed by atoms with Crippen LogP contribution in [0.5, 0.6) is 0 Å². The van der Waals surface area contributed by atoms with Crippen LogP contribution in [-0.4, -0.2) is 36.7 Å². The van der Waals surface area contributed by atoms with E-state index in [9.17, 15) is 9.59 Å². The Labute approximate surface area is 112 Å². The predicted octanol–water partition coefficient (Wildman–Crippen LogP) is 1.14. The first kappa shape index (κ1) is 15.2. The first-order valence-corrected chi connectivity index (χ1v) is 6.09. The van der Waals surface area contributed by atoms with Crippen LogP contribution in [0.4, 0.5) is 0 Å². The maximum absolute atomic E-state index is 11.8. The molecule has 1 rings (SSSR count). The van der Waals surface area contributed by atoms with E-state index in [0.717, 1.165) is 11.1 Å². The molecule has 1 aromatic carbocycles. The number of methoxy groups -OCH3 is 1. The first-order valence-electron chi connectivity index (χ1n) is 6.09. The molecule has 0 saturated heterocycles. The number of hydrogen-bond donors (Lipinski definition) is 2. The summed E-state index contributed by atoms with van der Waals surface area (Å²) < 4.78 is 4.82. The largest absolute Gasteiger partial charge is 0.480 e. The van der Waals surface area contributed by atoms with Gasteiger partial charge in [-0.05, 0) is 12.5 Å². The SMILES string of the molecule is COCCC(NC(=O)Cc1ccc(C)cc1)C(=O)O. The normalized spacial score (nSPS) is 11.9. The monoisotopic (exact) mass is 265 g/mol. The zero-order chi connectivity index (χ0) is 14.3. The second-order valence-electron chi connectivity index (χ2n) is 4.40. The summed E-state index contributed by atoms with van der Waals surface area (Å²) in [6.45, 7) is 2.26. The second-order valence-corrected chi connectivity index (χ2v) is 4.40. The minimum absolute atomic E-state index is 0.178. The van der Waals surface area contributed by atoms with E-state index in [0.29, 0.717) is 6.61 Å². The van der Waals surface area contributed by atoms with Crippen LogP contribution in [0.2, 0.25) is 0 Å². The van der Waals surface area contributed by atoms with E-state index in [-0.39, 0.29) is 18.7 Å². The molecule has 5 heteroatoms. The number of carboxylic acid groups (broad SMARTS) is 1. The molecule has 0 aliphatic heterocycles. The van der Waals surface area contributed by atoms with Gasteiger partial charge >= 0.3 is 5.97 Å². The van der Waals surface area contributed by atoms with Crippen LogP contribution >= 0.6 is 0 Å². The number of carboxylic acids is 1. The van der Waals surface area contributed by atoms with Crippen molar-refractivity contribution in [1.82, 2.24) is 5.32 Å². The molecule has 0 heterocycles. The number of rotatable bonds is 7. The van der Waals surface area contributed by atoms with Gasteiger partial charge in [-0.1, -0.05) is 29.8 Å². The van der Waals surface area contributed by atoms with Crippen LogP contribution in [0.1, 0.15) is 17.5 Å². The predicted molar refractivity (Wildman–Crippen MR) is 70.9 cm³/mol. The lowest BCUT2D eigenvalue weighted by molar-refractivity contribution is -0.142. The Hall–Kier alpha value is -1.88. The fourth-order valence-electron chi connectivity index (χ4n) is 1.63. The van der Waals surface area contributed by atoms with Crippen molar-refractivity contribution in [2.75, 3.05) is 13.7 Å². The van der Waals surface area contributed by atoms with Gasteiger partial charge in [-0.3, -0.25) is 4.79 Å². The maximum Gasteiger partial charge on any atom is 0.326 e. The van der Waals surface area contributed by atoms with Gasteiger partial charge in [0.25, 0.3) is 0 Å². The highest BCUT2D eigenvalue weighted by atomic mass is 16.5. The average molecular weight is 265 g/mol. The molecule has 0 radical (unpaired) electrons. The van der Waals surface area contributed by atoms with E-state index in [1.165, 1.54) is 7.11 Å². The van der Waals surface area contributed by atoms with E-state index in [1.54, 1.807) is 0 Å². The average Bonchev–Trinajstić information content (AvgIpc) is 2.37. The van der Waals surface area contributed by atoms with Gasteiger partial charge in [0.05, 0.1) is 6.42 Å². The Morgan fingerprint density at radius 3 is 2.47 bits per heavy atom. The van der Waals surface area contributed by atoms with Crippen LogP contribution in [0, 0.1) is 6.92 Å². The minimum atomic E-state index is -1.05. The lowest BCUT2D eigenvalue weighted by Crippen LogP contribution is -2.42. The second kappa shape index (κ2) is 7.53. The molecular formula is C14H19NO4. The highest BCUT2D eigenvalue weighted by Crippen LogP contribution is 2.04. The highest BCUT2D eigenvalue weighted by molar-refractivity contribution is 5.84. The van der Waals surface area contributed by atoms with Crippen LogP contribution < -0.4 is 5.32 Å². The van der Waals surface area contributed by atoms with Gasteiger partial charge in [-0.2, -0.15) is 0 Å². The van der Waals surface area contributed by atoms with Crippen molar-refractivity contribution in [2.45, 2.75) is 25.8 Å². The quantitative estimate of drug-likeness (QED) is 0.775. The van der Waals surface area contributed by atoms with E-state index < -0.39 is 12.0 Å². The molecule has 0 bridgehead atoms. The van der Waals surface area contributed by atoms with Gasteiger partial charge in [0, 0.05) is 20.1 Å². The molecule has 1 unspecified atom stereocenters. The third-order valence-electron chi connectivity index (χ3n) is 2.73. The lowest BCUT2D eigenvalue weighted by Gasteiger charge is -2.14. The lowest BCUT2D eigenvalue weighted by atomic mass is 10.1. The molecular weight excluding hydrogens is 246 g/mol. The molecule has 1 amide bonds. The molecule has 0 aromatic heterocycles. The summed E-state index contributed by atoms with van der Waals surface area (Å²) in [6.07, 6.45) is 0.433. The zero-order valence-electron chi connectivity index (χ0n) is 11.2. The summed E-state index contributed by atoms with van der Waals surface area (Å²) in [4.78, 5) is 22.7. The highest BCUT2D eigenvalue weighted by Gasteiger charge is 2.19. The van der Waals surface area contributed by atoms with Crippen LogP contribution in [0.25, 0.3) is 0 Å². The topological polar surface area (TPSA) is 75.6 Å². The Morgan fingerprint density at radius 1 is 1.32 bits per heavy atom. The van der Waals surface area contributed by atoms with Crippen LogP contribution in [0.15, 0.2) is 24.3 Å². The zero-order valence-corrected chi connectivity index (χ0v) is 11.2. The number of aryl methyl sites for hydroxylation is 1. The Morgan fingerprint density at radius 2 is 1.95 bits per heavy atom. The number of carbonyl (C=O) groups excluding carboxylic acids is 1. The summed E-state index contributed by atoms with van der Waals surface area (Å²) in [7, 11) is 1.49. The third kappa shape index (κ3) is 5.52. The number of benzene rings is 1. The molecule has 1 atom stereocenters. The fraction of sp³-hybridized carbons (Fsp3) is 0.429. The van der Waals surface area contributed by atoms with Gasteiger partial charge in [-0.25, -0.2) is 4.79 Å². The number of ether oxygens (including phenoxy) is 1. The van der Waals surface area contributed by atoms with Crippen molar-refractivity contribution < 1.29 is 19.4 Å². The van der Waals surface area contributed by atoms with Gasteiger partial charge < -0.3 is 15.2 Å². The molecule has 2 N–H and O–H groups in total. The van der Waals surface area contributed by atoms with Crippen molar-refractivity contribution in [2.24, 2.45) is 0 Å². The molecule has 0 aliphatic rings. The number of hydrogen-bond acceptors (Lipinski definition) is 3. The molecule has 0 spiro atoms. The van der Waals surface area contributed by atoms with Gasteiger partial charge in [-0.15, -0.1) is 0 Å². The number of carbonyl (C=O) groups is 2. The molecule has 19 heavy (non-hydrogen) atoms. The van der Waals surface area contributed by atoms with E-state index in [4.69, 9.17) is 9.84 Å². The Balaban J connectivity index is 2.52. The molecule has 0 saturated carbocycles. The van der Waals surface area contributed by atoms with Crippen molar-refractivity contribution >= 4 is 11.9 Å². The first-order chi connectivity index (χ1) is 9.02. The van der Waals surface area contributed by atoms with Gasteiger partial charge in [0.2, 0.25) is 5.91 Å². The maximum atomic E-state index is 11.8. The summed E-state index contributed by atoms with van der Waals surface area (Å²) in [5, 5.41) is 11.5.